The molecule has 2 saturated heterocycles. The van der Waals surface area contributed by atoms with Crippen molar-refractivity contribution in [2.24, 2.45) is 0 Å². The summed E-state index contributed by atoms with van der Waals surface area (Å²) in [6.07, 6.45) is 2.55. The summed E-state index contributed by atoms with van der Waals surface area (Å²) in [5.41, 5.74) is 2.95. The Morgan fingerprint density at radius 2 is 0.872 bits per heavy atom. The van der Waals surface area contributed by atoms with Gasteiger partial charge in [-0.15, -0.1) is 0 Å². The molecule has 3 aliphatic rings. The molecule has 0 saturated carbocycles. The fourth-order valence-electron chi connectivity index (χ4n) is 6.87. The van der Waals surface area contributed by atoms with Crippen molar-refractivity contribution >= 4 is 45.4 Å². The van der Waals surface area contributed by atoms with Gasteiger partial charge in [0.2, 0.25) is 0 Å². The average Bonchev–Trinajstić information content (AvgIpc) is 3.42. The highest BCUT2D eigenvalue weighted by molar-refractivity contribution is 7.86. The lowest BCUT2D eigenvalue weighted by Gasteiger charge is -2.33. The van der Waals surface area contributed by atoms with Gasteiger partial charge in [0.25, 0.3) is 20.2 Å². The Bertz CT molecular complexity index is 1580. The maximum absolute atomic E-state index is 11.6. The summed E-state index contributed by atoms with van der Waals surface area (Å²) >= 11 is 0. The molecule has 0 atom stereocenters. The van der Waals surface area contributed by atoms with Gasteiger partial charge in [0.05, 0.1) is 33.9 Å². The first-order chi connectivity index (χ1) is 21.5. The van der Waals surface area contributed by atoms with Gasteiger partial charge in [-0.05, 0) is 114 Å². The van der Waals surface area contributed by atoms with Crippen LogP contribution in [0, 0.1) is 0 Å². The molecule has 2 heterocycles. The van der Waals surface area contributed by atoms with Crippen molar-refractivity contribution in [3.05, 3.63) is 47.5 Å². The van der Waals surface area contributed by atoms with E-state index in [0.717, 1.165) is 33.2 Å². The van der Waals surface area contributed by atoms with E-state index >= 15 is 0 Å². The van der Waals surface area contributed by atoms with Crippen molar-refractivity contribution in [2.75, 3.05) is 11.5 Å². The Labute approximate surface area is 281 Å². The zero-order valence-electron chi connectivity index (χ0n) is 28.8. The molecule has 258 valence electrons. The second-order valence-corrected chi connectivity index (χ2v) is 18.5. The van der Waals surface area contributed by atoms with Crippen LogP contribution in [-0.4, -0.2) is 74.1 Å². The maximum Gasteiger partial charge on any atom is 0.494 e. The maximum atomic E-state index is 11.6. The molecule has 0 unspecified atom stereocenters. The van der Waals surface area contributed by atoms with Crippen LogP contribution >= 0.6 is 0 Å². The highest BCUT2D eigenvalue weighted by atomic mass is 32.2. The van der Waals surface area contributed by atoms with Crippen molar-refractivity contribution in [1.29, 1.82) is 0 Å². The minimum Gasteiger partial charge on any atom is -0.399 e. The fraction of sp³-hybridized carbons (Fsp3) is 0.636. The van der Waals surface area contributed by atoms with E-state index in [1.54, 1.807) is 0 Å². The molecule has 0 radical (unpaired) electrons. The summed E-state index contributed by atoms with van der Waals surface area (Å²) in [4.78, 5) is 0. The Morgan fingerprint density at radius 1 is 0.553 bits per heavy atom. The van der Waals surface area contributed by atoms with Crippen molar-refractivity contribution < 1.29 is 44.6 Å². The summed E-state index contributed by atoms with van der Waals surface area (Å²) in [7, 11) is -9.49. The Morgan fingerprint density at radius 3 is 1.17 bits per heavy atom. The number of benzene rings is 2. The molecule has 0 aromatic heterocycles. The predicted molar refractivity (Wildman–Crippen MR) is 185 cm³/mol. The van der Waals surface area contributed by atoms with Gasteiger partial charge in [0.15, 0.2) is 0 Å². The van der Waals surface area contributed by atoms with E-state index in [1.807, 2.05) is 67.5 Å². The Balaban J connectivity index is 1.61. The van der Waals surface area contributed by atoms with E-state index in [0.29, 0.717) is 25.7 Å². The summed E-state index contributed by atoms with van der Waals surface area (Å²) in [6, 6.07) is 12.4. The molecular weight excluding hydrogens is 642 g/mol. The van der Waals surface area contributed by atoms with Gasteiger partial charge in [0, 0.05) is 5.41 Å². The SMILES string of the molecule is CC1(C)OB(c2ccc3c(c2)C(CCCCS(=O)(=O)O)(CCCCS(=O)(=O)O)c2cc(B4OC(C)(C)C(C)(C)O4)ccc2-3)OC1(C)C. The smallest absolute Gasteiger partial charge is 0.399 e. The summed E-state index contributed by atoms with van der Waals surface area (Å²) in [5, 5.41) is 0. The molecule has 1 aliphatic carbocycles. The third kappa shape index (κ3) is 7.26. The van der Waals surface area contributed by atoms with Gasteiger partial charge < -0.3 is 18.6 Å². The lowest BCUT2D eigenvalue weighted by Crippen LogP contribution is -2.41. The lowest BCUT2D eigenvalue weighted by atomic mass is 9.67. The minimum atomic E-state index is -4.14. The van der Waals surface area contributed by atoms with Crippen LogP contribution in [0.1, 0.15) is 105 Å². The van der Waals surface area contributed by atoms with Gasteiger partial charge >= 0.3 is 14.2 Å². The summed E-state index contributed by atoms with van der Waals surface area (Å²) in [5.74, 6) is -0.707. The highest BCUT2D eigenvalue weighted by Crippen LogP contribution is 2.54. The zero-order valence-corrected chi connectivity index (χ0v) is 30.4. The third-order valence-electron chi connectivity index (χ3n) is 11.0. The van der Waals surface area contributed by atoms with Crippen LogP contribution in [0.3, 0.4) is 0 Å². The van der Waals surface area contributed by atoms with E-state index < -0.39 is 62.3 Å². The molecule has 10 nitrogen and oxygen atoms in total. The second-order valence-electron chi connectivity index (χ2n) is 15.4. The van der Waals surface area contributed by atoms with E-state index in [-0.39, 0.29) is 24.3 Å². The third-order valence-corrected chi connectivity index (χ3v) is 12.6. The molecule has 47 heavy (non-hydrogen) atoms. The first kappa shape index (κ1) is 36.5. The topological polar surface area (TPSA) is 146 Å². The number of rotatable bonds is 12. The van der Waals surface area contributed by atoms with E-state index in [9.17, 15) is 25.9 Å². The monoisotopic (exact) mass is 690 g/mol. The van der Waals surface area contributed by atoms with E-state index in [4.69, 9.17) is 18.6 Å². The largest absolute Gasteiger partial charge is 0.494 e. The average molecular weight is 690 g/mol. The Hall–Kier alpha value is -1.77. The summed E-state index contributed by atoms with van der Waals surface area (Å²) in [6.45, 7) is 16.0. The molecular formula is C33H48B2O10S2. The predicted octanol–water partition coefficient (Wildman–Crippen LogP) is 4.67. The van der Waals surface area contributed by atoms with Crippen molar-refractivity contribution in [2.45, 2.75) is 122 Å². The van der Waals surface area contributed by atoms with Crippen LogP contribution in [0.2, 0.25) is 0 Å². The van der Waals surface area contributed by atoms with Crippen LogP contribution in [0.25, 0.3) is 11.1 Å². The first-order valence-electron chi connectivity index (χ1n) is 16.4. The van der Waals surface area contributed by atoms with Gasteiger partial charge in [-0.2, -0.15) is 16.8 Å². The Kier molecular flexibility index (Phi) is 9.50. The molecule has 0 amide bonds. The first-order valence-corrected chi connectivity index (χ1v) is 19.6. The van der Waals surface area contributed by atoms with Crippen molar-refractivity contribution in [3.63, 3.8) is 0 Å². The molecule has 0 bridgehead atoms. The standard InChI is InChI=1S/C33H48B2O10S2/c1-29(2)30(3,4)43-34(42-29)23-13-15-25-26-16-14-24(35-44-31(5,6)32(7,8)45-35)22-28(26)33(27(25)21-23,17-9-11-19-46(36,37)38)18-10-12-20-47(39,40)41/h13-16,21-22H,9-12,17-20H2,1-8H3,(H,36,37,38)(H,39,40,41). The minimum absolute atomic E-state index is 0.254. The lowest BCUT2D eigenvalue weighted by molar-refractivity contribution is 0.00578. The molecule has 2 aliphatic heterocycles. The van der Waals surface area contributed by atoms with E-state index in [1.165, 1.54) is 0 Å². The number of fused-ring (bicyclic) bond motifs is 3. The number of hydrogen-bond donors (Lipinski definition) is 2. The van der Waals surface area contributed by atoms with Crippen LogP contribution in [0.5, 0.6) is 0 Å². The molecule has 5 rings (SSSR count). The van der Waals surface area contributed by atoms with Crippen LogP contribution in [0.15, 0.2) is 36.4 Å². The molecule has 2 aromatic carbocycles. The second kappa shape index (κ2) is 12.2. The normalized spacial score (nSPS) is 22.0. The van der Waals surface area contributed by atoms with Crippen LogP contribution < -0.4 is 10.9 Å². The fourth-order valence-corrected chi connectivity index (χ4v) is 8.01. The molecule has 14 heteroatoms. The van der Waals surface area contributed by atoms with Crippen LogP contribution in [0.4, 0.5) is 0 Å². The molecule has 0 spiro atoms. The number of unbranched alkanes of at least 4 members (excludes halogenated alkanes) is 2. The molecule has 2 aromatic rings. The zero-order chi connectivity index (χ0) is 34.8. The quantitative estimate of drug-likeness (QED) is 0.183. The molecule has 2 N–H and O–H groups in total. The van der Waals surface area contributed by atoms with Gasteiger partial charge in [0.1, 0.15) is 0 Å². The van der Waals surface area contributed by atoms with Gasteiger partial charge in [-0.25, -0.2) is 0 Å². The summed E-state index contributed by atoms with van der Waals surface area (Å²) < 4.78 is 91.0. The van der Waals surface area contributed by atoms with Crippen molar-refractivity contribution in [3.8, 4) is 11.1 Å². The van der Waals surface area contributed by atoms with Crippen molar-refractivity contribution in [1.82, 2.24) is 0 Å². The molecule has 2 fully saturated rings. The highest BCUT2D eigenvalue weighted by Gasteiger charge is 2.54. The van der Waals surface area contributed by atoms with Gasteiger partial charge in [-0.3, -0.25) is 9.11 Å². The van der Waals surface area contributed by atoms with Crippen LogP contribution in [-0.2, 0) is 44.3 Å². The van der Waals surface area contributed by atoms with E-state index in [2.05, 4.69) is 24.3 Å². The van der Waals surface area contributed by atoms with Gasteiger partial charge in [-0.1, -0.05) is 49.2 Å². The number of hydrogen-bond acceptors (Lipinski definition) is 8.